The third-order valence-corrected chi connectivity index (χ3v) is 7.22. The van der Waals surface area contributed by atoms with E-state index in [1.165, 1.54) is 17.2 Å². The highest BCUT2D eigenvalue weighted by atomic mass is 16.5. The molecule has 1 aromatic heterocycles. The molecule has 2 aromatic carbocycles. The maximum Gasteiger partial charge on any atom is 0.246 e. The van der Waals surface area contributed by atoms with Gasteiger partial charge in [-0.15, -0.1) is 0 Å². The fourth-order valence-corrected chi connectivity index (χ4v) is 5.44. The van der Waals surface area contributed by atoms with Gasteiger partial charge in [0.2, 0.25) is 5.91 Å². The van der Waals surface area contributed by atoms with E-state index in [1.54, 1.807) is 16.6 Å². The molecule has 2 aliphatic rings. The van der Waals surface area contributed by atoms with Crippen molar-refractivity contribution in [1.29, 1.82) is 0 Å². The lowest BCUT2D eigenvalue weighted by atomic mass is 10.0. The lowest BCUT2D eigenvalue weighted by Gasteiger charge is -2.32. The van der Waals surface area contributed by atoms with E-state index in [9.17, 15) is 9.59 Å². The van der Waals surface area contributed by atoms with Gasteiger partial charge in [-0.2, -0.15) is 10.2 Å². The number of nitrogens with zero attached hydrogens (tertiary/aromatic N) is 4. The van der Waals surface area contributed by atoms with Gasteiger partial charge in [-0.05, 0) is 54.3 Å². The Morgan fingerprint density at radius 3 is 2.53 bits per heavy atom. The third kappa shape index (κ3) is 4.91. The molecule has 1 amide bonds. The number of piperidine rings is 1. The molecular weight excluding hydrogens is 480 g/mol. The molecule has 9 nitrogen and oxygen atoms in total. The number of amides is 1. The Labute approximate surface area is 222 Å². The molecule has 0 radical (unpaired) electrons. The van der Waals surface area contributed by atoms with E-state index in [-0.39, 0.29) is 23.9 Å². The summed E-state index contributed by atoms with van der Waals surface area (Å²) in [6.45, 7) is 4.68. The van der Waals surface area contributed by atoms with Crippen molar-refractivity contribution < 1.29 is 14.3 Å². The van der Waals surface area contributed by atoms with Crippen molar-refractivity contribution in [3.8, 4) is 17.0 Å². The number of aldehydes is 1. The number of likely N-dealkylation sites (tertiary alicyclic amines) is 1. The standard InChI is InChI=1S/C29H32N6O3/c1-3-26(37)34-14-6-9-22(17-34)35-25(18-36)27(29(30)32-31-2)28(33-35)19-10-12-23(13-11-19)38-24-15-20-7-4-5-8-21(20)16-24/h3-5,7-8,10-13,18,22,24,31H,1,6,9,14-17H2,2H3,(H2,30,32). The minimum Gasteiger partial charge on any atom is -0.490 e. The Balaban J connectivity index is 1.44. The molecule has 1 atom stereocenters. The maximum absolute atomic E-state index is 12.3. The highest BCUT2D eigenvalue weighted by molar-refractivity contribution is 6.07. The monoisotopic (exact) mass is 512 g/mol. The summed E-state index contributed by atoms with van der Waals surface area (Å²) in [7, 11) is 1.64. The molecule has 38 heavy (non-hydrogen) atoms. The van der Waals surface area contributed by atoms with Crippen molar-refractivity contribution in [3.05, 3.63) is 83.6 Å². The number of rotatable bonds is 8. The number of nitrogens with two attached hydrogens (primary N) is 1. The van der Waals surface area contributed by atoms with Crippen LogP contribution in [-0.2, 0) is 17.6 Å². The Morgan fingerprint density at radius 1 is 1.18 bits per heavy atom. The second-order valence-electron chi connectivity index (χ2n) is 9.62. The van der Waals surface area contributed by atoms with Gasteiger partial charge >= 0.3 is 0 Å². The quantitative estimate of drug-likeness (QED) is 0.158. The highest BCUT2D eigenvalue weighted by Crippen LogP contribution is 2.32. The van der Waals surface area contributed by atoms with E-state index in [2.05, 4.69) is 41.4 Å². The van der Waals surface area contributed by atoms with Crippen molar-refractivity contribution in [1.82, 2.24) is 20.1 Å². The van der Waals surface area contributed by atoms with Crippen LogP contribution in [0.25, 0.3) is 11.3 Å². The predicted octanol–water partition coefficient (Wildman–Crippen LogP) is 3.10. The Morgan fingerprint density at radius 2 is 1.89 bits per heavy atom. The predicted molar refractivity (Wildman–Crippen MR) is 146 cm³/mol. The molecule has 1 unspecified atom stereocenters. The topological polar surface area (TPSA) is 115 Å². The van der Waals surface area contributed by atoms with Crippen LogP contribution in [0.5, 0.6) is 5.75 Å². The molecule has 9 heteroatoms. The van der Waals surface area contributed by atoms with Gasteiger partial charge in [-0.3, -0.25) is 14.3 Å². The van der Waals surface area contributed by atoms with Crippen molar-refractivity contribution in [2.75, 3.05) is 20.1 Å². The number of aromatic nitrogens is 2. The minimum atomic E-state index is -0.172. The zero-order valence-electron chi connectivity index (χ0n) is 21.5. The molecule has 3 N–H and O–H groups in total. The van der Waals surface area contributed by atoms with E-state index in [1.807, 2.05) is 24.3 Å². The second-order valence-corrected chi connectivity index (χ2v) is 9.62. The van der Waals surface area contributed by atoms with Gasteiger partial charge in [0.15, 0.2) is 12.1 Å². The number of hydrogen-bond acceptors (Lipinski definition) is 6. The summed E-state index contributed by atoms with van der Waals surface area (Å²) >= 11 is 0. The average Bonchev–Trinajstić information content (AvgIpc) is 3.54. The highest BCUT2D eigenvalue weighted by Gasteiger charge is 2.30. The Hall–Kier alpha value is -4.40. The molecule has 0 saturated carbocycles. The summed E-state index contributed by atoms with van der Waals surface area (Å²) < 4.78 is 7.96. The molecule has 1 fully saturated rings. The van der Waals surface area contributed by atoms with Crippen LogP contribution in [0.1, 0.15) is 46.1 Å². The smallest absolute Gasteiger partial charge is 0.246 e. The molecular formula is C29H32N6O3. The third-order valence-electron chi connectivity index (χ3n) is 7.22. The normalized spacial score (nSPS) is 17.7. The van der Waals surface area contributed by atoms with Crippen LogP contribution in [0, 0.1) is 0 Å². The van der Waals surface area contributed by atoms with Crippen LogP contribution < -0.4 is 15.9 Å². The summed E-state index contributed by atoms with van der Waals surface area (Å²) in [6, 6.07) is 15.9. The van der Waals surface area contributed by atoms with Crippen molar-refractivity contribution >= 4 is 18.0 Å². The number of benzene rings is 2. The van der Waals surface area contributed by atoms with E-state index < -0.39 is 0 Å². The average molecular weight is 513 g/mol. The fraction of sp³-hybridized carbons (Fsp3) is 0.310. The molecule has 2 heterocycles. The summed E-state index contributed by atoms with van der Waals surface area (Å²) in [4.78, 5) is 26.3. The van der Waals surface area contributed by atoms with Crippen molar-refractivity contribution in [2.24, 2.45) is 10.8 Å². The number of hydrogen-bond donors (Lipinski definition) is 2. The van der Waals surface area contributed by atoms with Gasteiger partial charge in [0, 0.05) is 38.5 Å². The van der Waals surface area contributed by atoms with Crippen molar-refractivity contribution in [2.45, 2.75) is 37.8 Å². The second kappa shape index (κ2) is 10.9. The summed E-state index contributed by atoms with van der Waals surface area (Å²) in [6.07, 6.45) is 5.52. The van der Waals surface area contributed by atoms with Crippen LogP contribution in [-0.4, -0.2) is 59.0 Å². The van der Waals surface area contributed by atoms with E-state index in [0.29, 0.717) is 30.0 Å². The number of carbonyl (C=O) groups is 2. The lowest BCUT2D eigenvalue weighted by molar-refractivity contribution is -0.127. The van der Waals surface area contributed by atoms with Gasteiger partial charge in [-0.1, -0.05) is 30.8 Å². The number of hydrazone groups is 1. The molecule has 1 aliphatic carbocycles. The van der Waals surface area contributed by atoms with Gasteiger partial charge in [0.1, 0.15) is 23.2 Å². The zero-order valence-corrected chi connectivity index (χ0v) is 21.5. The van der Waals surface area contributed by atoms with E-state index in [4.69, 9.17) is 15.6 Å². The largest absolute Gasteiger partial charge is 0.490 e. The number of amidine groups is 1. The van der Waals surface area contributed by atoms with E-state index >= 15 is 0 Å². The number of carbonyl (C=O) groups excluding carboxylic acids is 2. The minimum absolute atomic E-state index is 0.0978. The first-order valence-electron chi connectivity index (χ1n) is 12.9. The summed E-state index contributed by atoms with van der Waals surface area (Å²) in [5.74, 6) is 0.799. The van der Waals surface area contributed by atoms with E-state index in [0.717, 1.165) is 43.3 Å². The maximum atomic E-state index is 12.3. The van der Waals surface area contributed by atoms with Crippen LogP contribution in [0.3, 0.4) is 0 Å². The fourth-order valence-electron chi connectivity index (χ4n) is 5.44. The molecule has 0 bridgehead atoms. The molecule has 5 rings (SSSR count). The Kier molecular flexibility index (Phi) is 7.26. The van der Waals surface area contributed by atoms with Crippen LogP contribution in [0.4, 0.5) is 0 Å². The molecule has 196 valence electrons. The Bertz CT molecular complexity index is 1350. The van der Waals surface area contributed by atoms with Crippen LogP contribution in [0.15, 0.2) is 66.3 Å². The molecule has 3 aromatic rings. The van der Waals surface area contributed by atoms with Crippen molar-refractivity contribution in [3.63, 3.8) is 0 Å². The SMILES string of the molecule is C=CC(=O)N1CCCC(n2nc(-c3ccc(OC4Cc5ccccc5C4)cc3)c(/C(N)=N\NC)c2C=O)C1. The number of nitrogens with one attached hydrogen (secondary N) is 1. The number of ether oxygens (including phenoxy) is 1. The lowest BCUT2D eigenvalue weighted by Crippen LogP contribution is -2.40. The van der Waals surface area contributed by atoms with Gasteiger partial charge in [-0.25, -0.2) is 0 Å². The molecule has 1 saturated heterocycles. The van der Waals surface area contributed by atoms with Crippen LogP contribution in [0.2, 0.25) is 0 Å². The van der Waals surface area contributed by atoms with Crippen LogP contribution >= 0.6 is 0 Å². The molecule has 0 spiro atoms. The van der Waals surface area contributed by atoms with Gasteiger partial charge in [0.25, 0.3) is 0 Å². The summed E-state index contributed by atoms with van der Waals surface area (Å²) in [5, 5.41) is 8.99. The van der Waals surface area contributed by atoms with Gasteiger partial charge in [0.05, 0.1) is 11.6 Å². The zero-order chi connectivity index (χ0) is 26.6. The number of fused-ring (bicyclic) bond motifs is 1. The first kappa shape index (κ1) is 25.3. The molecule has 1 aliphatic heterocycles. The van der Waals surface area contributed by atoms with Gasteiger partial charge < -0.3 is 20.8 Å². The summed E-state index contributed by atoms with van der Waals surface area (Å²) in [5.41, 5.74) is 13.8. The first-order chi connectivity index (χ1) is 18.5. The first-order valence-corrected chi connectivity index (χ1v) is 12.9.